The number of fused-ring (bicyclic) bond motifs is 1. The van der Waals surface area contributed by atoms with Crippen molar-refractivity contribution in [1.29, 1.82) is 0 Å². The molecule has 0 bridgehead atoms. The van der Waals surface area contributed by atoms with E-state index in [2.05, 4.69) is 22.2 Å². The van der Waals surface area contributed by atoms with Gasteiger partial charge in [-0.05, 0) is 17.5 Å². The molecule has 0 saturated carbocycles. The van der Waals surface area contributed by atoms with Crippen molar-refractivity contribution in [3.05, 3.63) is 42.2 Å². The van der Waals surface area contributed by atoms with Gasteiger partial charge >= 0.3 is 0 Å². The Morgan fingerprint density at radius 2 is 2.20 bits per heavy atom. The zero-order valence-electron chi connectivity index (χ0n) is 7.97. The van der Waals surface area contributed by atoms with Crippen LogP contribution in [0, 0.1) is 0 Å². The van der Waals surface area contributed by atoms with Crippen LogP contribution in [0.4, 0.5) is 0 Å². The summed E-state index contributed by atoms with van der Waals surface area (Å²) >= 11 is 5.12. The maximum absolute atomic E-state index is 5.12. The van der Waals surface area contributed by atoms with E-state index in [9.17, 15) is 0 Å². The zero-order valence-corrected chi connectivity index (χ0v) is 8.79. The highest BCUT2D eigenvalue weighted by molar-refractivity contribution is 7.80. The third-order valence-corrected chi connectivity index (χ3v) is 2.41. The fraction of sp³-hybridized carbons (Fsp3) is 0. The standard InChI is InChI=1S/C11H9N3S/c1-12-14-11(15)9-2-3-10-7-13-5-4-8(10)6-9/h2-7H,1H2,(H,14,15). The van der Waals surface area contributed by atoms with Crippen molar-refractivity contribution in [2.75, 3.05) is 0 Å². The lowest BCUT2D eigenvalue weighted by atomic mass is 10.1. The van der Waals surface area contributed by atoms with Crippen LogP contribution in [0.1, 0.15) is 5.56 Å². The van der Waals surface area contributed by atoms with E-state index in [4.69, 9.17) is 12.2 Å². The molecule has 0 saturated heterocycles. The van der Waals surface area contributed by atoms with Crippen molar-refractivity contribution in [2.24, 2.45) is 5.10 Å². The minimum atomic E-state index is 0.573. The molecule has 1 aromatic heterocycles. The Labute approximate surface area is 92.8 Å². The van der Waals surface area contributed by atoms with Gasteiger partial charge in [0.05, 0.1) is 0 Å². The average molecular weight is 215 g/mol. The van der Waals surface area contributed by atoms with Crippen LogP contribution in [-0.2, 0) is 0 Å². The predicted octanol–water partition coefficient (Wildman–Crippen LogP) is 2.12. The molecule has 2 aromatic rings. The van der Waals surface area contributed by atoms with E-state index < -0.39 is 0 Å². The van der Waals surface area contributed by atoms with Gasteiger partial charge in [0.25, 0.3) is 0 Å². The van der Waals surface area contributed by atoms with Crippen molar-refractivity contribution in [3.8, 4) is 0 Å². The second-order valence-corrected chi connectivity index (χ2v) is 3.44. The quantitative estimate of drug-likeness (QED) is 0.473. The molecule has 74 valence electrons. The third kappa shape index (κ3) is 1.99. The largest absolute Gasteiger partial charge is 0.268 e. The lowest BCUT2D eigenvalue weighted by Crippen LogP contribution is -2.14. The number of pyridine rings is 1. The van der Waals surface area contributed by atoms with Crippen LogP contribution in [0.5, 0.6) is 0 Å². The smallest absolute Gasteiger partial charge is 0.126 e. The highest BCUT2D eigenvalue weighted by Gasteiger charge is 2.00. The Balaban J connectivity index is 2.46. The molecule has 0 unspecified atom stereocenters. The molecule has 1 heterocycles. The summed E-state index contributed by atoms with van der Waals surface area (Å²) in [6, 6.07) is 7.86. The fourth-order valence-corrected chi connectivity index (χ4v) is 1.55. The average Bonchev–Trinajstić information content (AvgIpc) is 2.29. The van der Waals surface area contributed by atoms with Crippen molar-refractivity contribution in [3.63, 3.8) is 0 Å². The summed E-state index contributed by atoms with van der Waals surface area (Å²) < 4.78 is 0. The van der Waals surface area contributed by atoms with E-state index in [0.717, 1.165) is 16.3 Å². The first-order chi connectivity index (χ1) is 7.31. The molecule has 4 heteroatoms. The Kier molecular flexibility index (Phi) is 2.69. The highest BCUT2D eigenvalue weighted by atomic mass is 32.1. The number of rotatable bonds is 2. The van der Waals surface area contributed by atoms with Crippen molar-refractivity contribution in [2.45, 2.75) is 0 Å². The summed E-state index contributed by atoms with van der Waals surface area (Å²) in [4.78, 5) is 4.62. The Hall–Kier alpha value is -1.81. The summed E-state index contributed by atoms with van der Waals surface area (Å²) in [7, 11) is 0. The molecule has 3 nitrogen and oxygen atoms in total. The number of nitrogens with one attached hydrogen (secondary N) is 1. The Morgan fingerprint density at radius 3 is 3.00 bits per heavy atom. The molecular weight excluding hydrogens is 206 g/mol. The monoisotopic (exact) mass is 215 g/mol. The molecule has 0 aliphatic rings. The van der Waals surface area contributed by atoms with Gasteiger partial charge in [-0.15, -0.1) is 0 Å². The predicted molar refractivity (Wildman–Crippen MR) is 66.1 cm³/mol. The van der Waals surface area contributed by atoms with E-state index in [1.807, 2.05) is 30.5 Å². The van der Waals surface area contributed by atoms with Gasteiger partial charge in [0.1, 0.15) is 4.99 Å². The number of hydrogen-bond donors (Lipinski definition) is 1. The fourth-order valence-electron chi connectivity index (χ4n) is 1.36. The number of nitrogens with zero attached hydrogens (tertiary/aromatic N) is 2. The van der Waals surface area contributed by atoms with Gasteiger partial charge < -0.3 is 0 Å². The van der Waals surface area contributed by atoms with E-state index in [-0.39, 0.29) is 0 Å². The summed E-state index contributed by atoms with van der Waals surface area (Å²) in [5.41, 5.74) is 3.58. The second kappa shape index (κ2) is 4.14. The normalized spacial score (nSPS) is 9.87. The number of hydrogen-bond acceptors (Lipinski definition) is 3. The first kappa shape index (κ1) is 9.73. The summed E-state index contributed by atoms with van der Waals surface area (Å²) in [5.74, 6) is 0. The van der Waals surface area contributed by atoms with Crippen LogP contribution in [0.2, 0.25) is 0 Å². The minimum Gasteiger partial charge on any atom is -0.268 e. The molecule has 0 spiro atoms. The van der Waals surface area contributed by atoms with Gasteiger partial charge in [-0.25, -0.2) is 0 Å². The van der Waals surface area contributed by atoms with Crippen molar-refractivity contribution >= 4 is 34.7 Å². The van der Waals surface area contributed by atoms with E-state index in [1.165, 1.54) is 0 Å². The van der Waals surface area contributed by atoms with Crippen molar-refractivity contribution < 1.29 is 0 Å². The molecular formula is C11H9N3S. The van der Waals surface area contributed by atoms with Crippen LogP contribution >= 0.6 is 12.2 Å². The number of benzene rings is 1. The molecule has 15 heavy (non-hydrogen) atoms. The van der Waals surface area contributed by atoms with Crippen LogP contribution in [-0.4, -0.2) is 16.7 Å². The van der Waals surface area contributed by atoms with Gasteiger partial charge in [0, 0.05) is 30.1 Å². The maximum atomic E-state index is 5.12. The molecule has 1 N–H and O–H groups in total. The second-order valence-electron chi connectivity index (χ2n) is 3.04. The van der Waals surface area contributed by atoms with Crippen LogP contribution in [0.25, 0.3) is 10.8 Å². The summed E-state index contributed by atoms with van der Waals surface area (Å²) in [6.45, 7) is 3.33. The number of thiocarbonyl (C=S) groups is 1. The SMILES string of the molecule is C=NNC(=S)c1ccc2cnccc2c1. The lowest BCUT2D eigenvalue weighted by Gasteiger charge is -2.03. The molecule has 0 fully saturated rings. The number of aromatic nitrogens is 1. The third-order valence-electron chi connectivity index (χ3n) is 2.08. The van der Waals surface area contributed by atoms with Crippen LogP contribution in [0.3, 0.4) is 0 Å². The van der Waals surface area contributed by atoms with E-state index in [1.54, 1.807) is 6.20 Å². The zero-order chi connectivity index (χ0) is 10.7. The molecule has 0 amide bonds. The van der Waals surface area contributed by atoms with Gasteiger partial charge in [-0.3, -0.25) is 10.4 Å². The molecule has 1 aromatic carbocycles. The number of hydrazone groups is 1. The van der Waals surface area contributed by atoms with Gasteiger partial charge in [0.2, 0.25) is 0 Å². The van der Waals surface area contributed by atoms with Crippen LogP contribution in [0.15, 0.2) is 41.8 Å². The Morgan fingerprint density at radius 1 is 1.33 bits per heavy atom. The summed E-state index contributed by atoms with van der Waals surface area (Å²) in [6.07, 6.45) is 3.58. The van der Waals surface area contributed by atoms with E-state index >= 15 is 0 Å². The topological polar surface area (TPSA) is 37.3 Å². The van der Waals surface area contributed by atoms with Gasteiger partial charge in [0.15, 0.2) is 0 Å². The maximum Gasteiger partial charge on any atom is 0.126 e. The molecule has 0 atom stereocenters. The lowest BCUT2D eigenvalue weighted by molar-refractivity contribution is 1.06. The minimum absolute atomic E-state index is 0.573. The highest BCUT2D eigenvalue weighted by Crippen LogP contribution is 2.14. The molecule has 0 radical (unpaired) electrons. The van der Waals surface area contributed by atoms with Crippen molar-refractivity contribution in [1.82, 2.24) is 10.4 Å². The molecule has 0 aliphatic heterocycles. The van der Waals surface area contributed by atoms with Gasteiger partial charge in [-0.1, -0.05) is 24.4 Å². The first-order valence-electron chi connectivity index (χ1n) is 4.41. The Bertz CT molecular complexity index is 522. The first-order valence-corrected chi connectivity index (χ1v) is 4.82. The van der Waals surface area contributed by atoms with Gasteiger partial charge in [-0.2, -0.15) is 5.10 Å². The molecule has 0 aliphatic carbocycles. The summed E-state index contributed by atoms with van der Waals surface area (Å²) in [5, 5.41) is 5.74. The van der Waals surface area contributed by atoms with E-state index in [0.29, 0.717) is 4.99 Å². The van der Waals surface area contributed by atoms with Crippen LogP contribution < -0.4 is 5.43 Å². The molecule has 2 rings (SSSR count).